The Kier molecular flexibility index (Phi) is 0.719. The van der Waals surface area contributed by atoms with Gasteiger partial charge in [0.1, 0.15) is 6.29 Å². The number of carbonyl (C=O) groups excluding carboxylic acids is 1. The summed E-state index contributed by atoms with van der Waals surface area (Å²) >= 11 is 0. The standard InChI is InChI=1S/C7H9FO/c8-4-6-1-7(2-6,3-6)5-9/h5H,1-4H2. The van der Waals surface area contributed by atoms with E-state index in [1.807, 2.05) is 0 Å². The summed E-state index contributed by atoms with van der Waals surface area (Å²) in [5.74, 6) is 0. The fourth-order valence-electron chi connectivity index (χ4n) is 2.35. The molecule has 0 saturated heterocycles. The van der Waals surface area contributed by atoms with Crippen molar-refractivity contribution >= 4 is 6.29 Å². The Labute approximate surface area is 53.2 Å². The molecule has 0 aromatic rings. The molecule has 0 amide bonds. The van der Waals surface area contributed by atoms with Gasteiger partial charge in [0.2, 0.25) is 0 Å². The fraction of sp³-hybridized carbons (Fsp3) is 0.857. The number of rotatable bonds is 2. The smallest absolute Gasteiger partial charge is 0.126 e. The molecule has 0 aromatic heterocycles. The van der Waals surface area contributed by atoms with E-state index < -0.39 is 0 Å². The van der Waals surface area contributed by atoms with Crippen LogP contribution in [0.5, 0.6) is 0 Å². The minimum atomic E-state index is -0.220. The molecule has 0 heterocycles. The van der Waals surface area contributed by atoms with Crippen LogP contribution >= 0.6 is 0 Å². The molecule has 0 unspecified atom stereocenters. The fourth-order valence-corrected chi connectivity index (χ4v) is 2.35. The predicted molar refractivity (Wildman–Crippen MR) is 30.8 cm³/mol. The molecule has 3 saturated carbocycles. The lowest BCUT2D eigenvalue weighted by Crippen LogP contribution is -2.63. The zero-order chi connectivity index (χ0) is 6.54. The minimum absolute atomic E-state index is 0.0269. The summed E-state index contributed by atoms with van der Waals surface area (Å²) in [5, 5.41) is 0. The van der Waals surface area contributed by atoms with Crippen LogP contribution in [0.3, 0.4) is 0 Å². The van der Waals surface area contributed by atoms with Gasteiger partial charge in [-0.3, -0.25) is 4.39 Å². The molecule has 3 aliphatic rings. The molecule has 0 N–H and O–H groups in total. The highest BCUT2D eigenvalue weighted by Crippen LogP contribution is 2.72. The maximum absolute atomic E-state index is 12.1. The zero-order valence-corrected chi connectivity index (χ0v) is 5.19. The first-order chi connectivity index (χ1) is 4.24. The van der Waals surface area contributed by atoms with Gasteiger partial charge < -0.3 is 4.79 Å². The van der Waals surface area contributed by atoms with Crippen LogP contribution in [0, 0.1) is 10.8 Å². The van der Waals surface area contributed by atoms with E-state index in [0.717, 1.165) is 25.5 Å². The Morgan fingerprint density at radius 2 is 2.00 bits per heavy atom. The molecule has 3 rings (SSSR count). The van der Waals surface area contributed by atoms with Gasteiger partial charge in [0.25, 0.3) is 0 Å². The van der Waals surface area contributed by atoms with Crippen LogP contribution in [0.15, 0.2) is 0 Å². The van der Waals surface area contributed by atoms with E-state index in [1.165, 1.54) is 0 Å². The Balaban J connectivity index is 2.03. The van der Waals surface area contributed by atoms with Crippen LogP contribution in [0.4, 0.5) is 4.39 Å². The van der Waals surface area contributed by atoms with Crippen molar-refractivity contribution in [2.45, 2.75) is 19.3 Å². The second-order valence-corrected chi connectivity index (χ2v) is 3.64. The lowest BCUT2D eigenvalue weighted by Gasteiger charge is -2.67. The van der Waals surface area contributed by atoms with Crippen molar-refractivity contribution in [1.29, 1.82) is 0 Å². The van der Waals surface area contributed by atoms with Crippen LogP contribution < -0.4 is 0 Å². The van der Waals surface area contributed by atoms with Gasteiger partial charge in [-0.15, -0.1) is 0 Å². The first-order valence-corrected chi connectivity index (χ1v) is 3.27. The molecule has 2 bridgehead atoms. The number of hydrogen-bond donors (Lipinski definition) is 0. The lowest BCUT2D eigenvalue weighted by molar-refractivity contribution is -0.199. The van der Waals surface area contributed by atoms with Crippen molar-refractivity contribution in [2.75, 3.05) is 6.67 Å². The minimum Gasteiger partial charge on any atom is -0.303 e. The number of hydrogen-bond acceptors (Lipinski definition) is 1. The molecule has 1 nitrogen and oxygen atoms in total. The molecule has 3 fully saturated rings. The molecule has 0 aliphatic heterocycles. The molecule has 0 atom stereocenters. The molecule has 3 aliphatic carbocycles. The lowest BCUT2D eigenvalue weighted by atomic mass is 9.36. The van der Waals surface area contributed by atoms with Crippen molar-refractivity contribution in [3.8, 4) is 0 Å². The topological polar surface area (TPSA) is 17.1 Å². The SMILES string of the molecule is O=CC12CC(CF)(C1)C2. The van der Waals surface area contributed by atoms with E-state index in [2.05, 4.69) is 0 Å². The summed E-state index contributed by atoms with van der Waals surface area (Å²) in [6.07, 6.45) is 3.46. The average Bonchev–Trinajstić information content (AvgIpc) is 1.62. The second kappa shape index (κ2) is 1.20. The second-order valence-electron chi connectivity index (χ2n) is 3.64. The maximum atomic E-state index is 12.1. The van der Waals surface area contributed by atoms with Crippen molar-refractivity contribution in [2.24, 2.45) is 10.8 Å². The van der Waals surface area contributed by atoms with E-state index >= 15 is 0 Å². The van der Waals surface area contributed by atoms with Crippen LogP contribution in [0.2, 0.25) is 0 Å². The van der Waals surface area contributed by atoms with E-state index in [0.29, 0.717) is 0 Å². The van der Waals surface area contributed by atoms with Crippen molar-refractivity contribution in [1.82, 2.24) is 0 Å². The summed E-state index contributed by atoms with van der Waals surface area (Å²) in [7, 11) is 0. The monoisotopic (exact) mass is 128 g/mol. The molecular weight excluding hydrogens is 119 g/mol. The van der Waals surface area contributed by atoms with Gasteiger partial charge in [-0.05, 0) is 19.3 Å². The molecule has 0 aromatic carbocycles. The number of aldehydes is 1. The predicted octanol–water partition coefficient (Wildman–Crippen LogP) is 1.33. The third kappa shape index (κ3) is 0.428. The number of halogens is 1. The number of carbonyl (C=O) groups is 1. The summed E-state index contributed by atoms with van der Waals surface area (Å²) in [6, 6.07) is 0. The van der Waals surface area contributed by atoms with Gasteiger partial charge >= 0.3 is 0 Å². The quantitative estimate of drug-likeness (QED) is 0.513. The van der Waals surface area contributed by atoms with Gasteiger partial charge in [-0.25, -0.2) is 0 Å². The van der Waals surface area contributed by atoms with E-state index in [-0.39, 0.29) is 17.5 Å². The average molecular weight is 128 g/mol. The number of alkyl halides is 1. The van der Waals surface area contributed by atoms with Crippen LogP contribution in [0.1, 0.15) is 19.3 Å². The molecule has 2 heteroatoms. The molecule has 50 valence electrons. The summed E-state index contributed by atoms with van der Waals surface area (Å²) in [6.45, 7) is -0.220. The first-order valence-electron chi connectivity index (χ1n) is 3.27. The van der Waals surface area contributed by atoms with Crippen LogP contribution in [0.25, 0.3) is 0 Å². The highest BCUT2D eigenvalue weighted by atomic mass is 19.1. The third-order valence-corrected chi connectivity index (χ3v) is 2.71. The Morgan fingerprint density at radius 1 is 1.44 bits per heavy atom. The van der Waals surface area contributed by atoms with E-state index in [4.69, 9.17) is 0 Å². The first kappa shape index (κ1) is 5.39. The maximum Gasteiger partial charge on any atom is 0.126 e. The molecule has 0 radical (unpaired) electrons. The highest BCUT2D eigenvalue weighted by Gasteiger charge is 2.67. The Bertz CT molecular complexity index is 145. The molecular formula is C7H9FO. The Hall–Kier alpha value is -0.400. The van der Waals surface area contributed by atoms with Crippen LogP contribution in [-0.4, -0.2) is 13.0 Å². The molecule has 9 heavy (non-hydrogen) atoms. The Morgan fingerprint density at radius 3 is 2.33 bits per heavy atom. The summed E-state index contributed by atoms with van der Waals surface area (Å²) in [5.41, 5.74) is -0.0764. The summed E-state index contributed by atoms with van der Waals surface area (Å²) in [4.78, 5) is 10.3. The highest BCUT2D eigenvalue weighted by molar-refractivity contribution is 5.66. The van der Waals surface area contributed by atoms with E-state index in [1.54, 1.807) is 0 Å². The third-order valence-electron chi connectivity index (χ3n) is 2.71. The largest absolute Gasteiger partial charge is 0.303 e. The van der Waals surface area contributed by atoms with Gasteiger partial charge in [-0.2, -0.15) is 0 Å². The van der Waals surface area contributed by atoms with Crippen LogP contribution in [-0.2, 0) is 4.79 Å². The van der Waals surface area contributed by atoms with Crippen molar-refractivity contribution < 1.29 is 9.18 Å². The normalized spacial score (nSPS) is 53.4. The molecule has 0 spiro atoms. The van der Waals surface area contributed by atoms with Gasteiger partial charge in [0.05, 0.1) is 6.67 Å². The van der Waals surface area contributed by atoms with Gasteiger partial charge in [0.15, 0.2) is 0 Å². The zero-order valence-electron chi connectivity index (χ0n) is 5.19. The van der Waals surface area contributed by atoms with Crippen molar-refractivity contribution in [3.05, 3.63) is 0 Å². The van der Waals surface area contributed by atoms with Gasteiger partial charge in [0, 0.05) is 10.8 Å². The van der Waals surface area contributed by atoms with Gasteiger partial charge in [-0.1, -0.05) is 0 Å². The summed E-state index contributed by atoms with van der Waals surface area (Å²) < 4.78 is 12.1. The van der Waals surface area contributed by atoms with E-state index in [9.17, 15) is 9.18 Å². The van der Waals surface area contributed by atoms with Crippen molar-refractivity contribution in [3.63, 3.8) is 0 Å².